The van der Waals surface area contributed by atoms with Crippen LogP contribution in [-0.2, 0) is 6.54 Å². The molecule has 6 heteroatoms. The van der Waals surface area contributed by atoms with E-state index in [0.717, 1.165) is 11.3 Å². The van der Waals surface area contributed by atoms with Gasteiger partial charge in [-0.2, -0.15) is 0 Å². The fourth-order valence-electron chi connectivity index (χ4n) is 1.88. The maximum absolute atomic E-state index is 6.17. The first-order chi connectivity index (χ1) is 10.2. The lowest BCUT2D eigenvalue weighted by Gasteiger charge is -2.12. The zero-order valence-electron chi connectivity index (χ0n) is 12.1. The van der Waals surface area contributed by atoms with Crippen molar-refractivity contribution >= 4 is 17.3 Å². The molecule has 112 valence electrons. The minimum Gasteiger partial charge on any atom is -0.493 e. The number of benzene rings is 1. The molecule has 5 nitrogen and oxygen atoms in total. The molecule has 1 aromatic carbocycles. The highest BCUT2D eigenvalue weighted by atomic mass is 35.5. The molecule has 0 unspecified atom stereocenters. The molecule has 0 aliphatic rings. The maximum Gasteiger partial charge on any atom is 0.213 e. The van der Waals surface area contributed by atoms with E-state index in [-0.39, 0.29) is 0 Å². The number of hydrogen-bond donors (Lipinski definition) is 1. The Morgan fingerprint density at radius 1 is 1.10 bits per heavy atom. The van der Waals surface area contributed by atoms with Gasteiger partial charge in [-0.05, 0) is 23.8 Å². The van der Waals surface area contributed by atoms with Crippen LogP contribution in [0.3, 0.4) is 0 Å². The Morgan fingerprint density at radius 2 is 1.90 bits per heavy atom. The van der Waals surface area contributed by atoms with Crippen LogP contribution in [0.1, 0.15) is 5.56 Å². The van der Waals surface area contributed by atoms with Crippen LogP contribution in [0.5, 0.6) is 17.4 Å². The first-order valence-corrected chi connectivity index (χ1v) is 6.70. The third-order valence-electron chi connectivity index (χ3n) is 2.94. The summed E-state index contributed by atoms with van der Waals surface area (Å²) in [7, 11) is 4.73. The van der Waals surface area contributed by atoms with Crippen LogP contribution >= 0.6 is 11.6 Å². The molecule has 0 aliphatic heterocycles. The minimum atomic E-state index is 0.515. The summed E-state index contributed by atoms with van der Waals surface area (Å²) in [4.78, 5) is 4.13. The van der Waals surface area contributed by atoms with Gasteiger partial charge in [-0.1, -0.05) is 11.6 Å². The van der Waals surface area contributed by atoms with Gasteiger partial charge in [0.2, 0.25) is 5.88 Å². The Morgan fingerprint density at radius 3 is 2.48 bits per heavy atom. The molecule has 0 saturated heterocycles. The third kappa shape index (κ3) is 3.70. The summed E-state index contributed by atoms with van der Waals surface area (Å²) in [6.07, 6.45) is 1.71. The van der Waals surface area contributed by atoms with Crippen molar-refractivity contribution in [2.75, 3.05) is 26.6 Å². The van der Waals surface area contributed by atoms with Crippen LogP contribution in [0.15, 0.2) is 30.5 Å². The Hall–Kier alpha value is -2.14. The number of methoxy groups -OCH3 is 3. The van der Waals surface area contributed by atoms with Gasteiger partial charge in [0.15, 0.2) is 11.5 Å². The average Bonchev–Trinajstić information content (AvgIpc) is 2.52. The topological polar surface area (TPSA) is 52.6 Å². The smallest absolute Gasteiger partial charge is 0.213 e. The van der Waals surface area contributed by atoms with Crippen molar-refractivity contribution in [1.82, 2.24) is 4.98 Å². The molecule has 0 fully saturated rings. The lowest BCUT2D eigenvalue weighted by atomic mass is 10.2. The second-order valence-electron chi connectivity index (χ2n) is 4.26. The van der Waals surface area contributed by atoms with E-state index in [1.54, 1.807) is 33.6 Å². The van der Waals surface area contributed by atoms with Gasteiger partial charge in [0.25, 0.3) is 0 Å². The molecule has 21 heavy (non-hydrogen) atoms. The van der Waals surface area contributed by atoms with Gasteiger partial charge >= 0.3 is 0 Å². The zero-order chi connectivity index (χ0) is 15.2. The van der Waals surface area contributed by atoms with E-state index in [0.29, 0.717) is 28.9 Å². The summed E-state index contributed by atoms with van der Waals surface area (Å²) < 4.78 is 15.5. The molecule has 0 radical (unpaired) electrons. The van der Waals surface area contributed by atoms with Crippen molar-refractivity contribution in [2.45, 2.75) is 6.54 Å². The number of hydrogen-bond acceptors (Lipinski definition) is 5. The number of pyridine rings is 1. The summed E-state index contributed by atoms with van der Waals surface area (Å²) in [6.45, 7) is 0.591. The van der Waals surface area contributed by atoms with Crippen molar-refractivity contribution in [2.24, 2.45) is 0 Å². The highest BCUT2D eigenvalue weighted by Gasteiger charge is 2.10. The number of halogens is 1. The molecule has 0 spiro atoms. The Kier molecular flexibility index (Phi) is 5.11. The molecule has 2 rings (SSSR count). The van der Waals surface area contributed by atoms with Crippen molar-refractivity contribution in [3.63, 3.8) is 0 Å². The fraction of sp³-hybridized carbons (Fsp3) is 0.267. The van der Waals surface area contributed by atoms with Crippen LogP contribution in [0.4, 0.5) is 5.69 Å². The molecule has 1 aromatic heterocycles. The quantitative estimate of drug-likeness (QED) is 0.886. The molecule has 2 aromatic rings. The Labute approximate surface area is 128 Å². The van der Waals surface area contributed by atoms with E-state index in [1.807, 2.05) is 18.2 Å². The Balaban J connectivity index is 2.10. The van der Waals surface area contributed by atoms with Crippen LogP contribution in [0.25, 0.3) is 0 Å². The Bertz CT molecular complexity index is 603. The van der Waals surface area contributed by atoms with E-state index < -0.39 is 0 Å². The molecular formula is C15H17ClN2O3. The molecule has 0 bridgehead atoms. The predicted molar refractivity (Wildman–Crippen MR) is 82.7 cm³/mol. The van der Waals surface area contributed by atoms with Crippen molar-refractivity contribution in [3.8, 4) is 17.4 Å². The predicted octanol–water partition coefficient (Wildman–Crippen LogP) is 3.37. The van der Waals surface area contributed by atoms with Crippen molar-refractivity contribution < 1.29 is 14.2 Å². The molecule has 1 heterocycles. The second-order valence-corrected chi connectivity index (χ2v) is 4.66. The van der Waals surface area contributed by atoms with Crippen molar-refractivity contribution in [3.05, 3.63) is 41.0 Å². The third-order valence-corrected chi connectivity index (χ3v) is 3.22. The van der Waals surface area contributed by atoms with E-state index in [1.165, 1.54) is 0 Å². The minimum absolute atomic E-state index is 0.515. The van der Waals surface area contributed by atoms with Gasteiger partial charge in [0.1, 0.15) is 0 Å². The van der Waals surface area contributed by atoms with E-state index in [2.05, 4.69) is 10.3 Å². The van der Waals surface area contributed by atoms with Gasteiger partial charge in [0, 0.05) is 12.6 Å². The summed E-state index contributed by atoms with van der Waals surface area (Å²) in [5.41, 5.74) is 1.87. The number of anilines is 1. The van der Waals surface area contributed by atoms with Gasteiger partial charge < -0.3 is 19.5 Å². The molecule has 0 aliphatic carbocycles. The zero-order valence-corrected chi connectivity index (χ0v) is 12.9. The summed E-state index contributed by atoms with van der Waals surface area (Å²) >= 11 is 6.17. The summed E-state index contributed by atoms with van der Waals surface area (Å²) in [6, 6.07) is 7.42. The summed E-state index contributed by atoms with van der Waals surface area (Å²) in [5.74, 6) is 1.72. The second kappa shape index (κ2) is 7.04. The SMILES string of the molecule is COc1ccc(NCc2cc(Cl)c(OC)c(OC)c2)cn1. The first-order valence-electron chi connectivity index (χ1n) is 6.32. The average molecular weight is 309 g/mol. The lowest BCUT2D eigenvalue weighted by molar-refractivity contribution is 0.355. The highest BCUT2D eigenvalue weighted by molar-refractivity contribution is 6.32. The fourth-order valence-corrected chi connectivity index (χ4v) is 2.19. The van der Waals surface area contributed by atoms with Crippen LogP contribution in [0, 0.1) is 0 Å². The van der Waals surface area contributed by atoms with E-state index in [4.69, 9.17) is 25.8 Å². The van der Waals surface area contributed by atoms with Gasteiger partial charge in [-0.15, -0.1) is 0 Å². The van der Waals surface area contributed by atoms with Gasteiger partial charge in [-0.25, -0.2) is 4.98 Å². The monoisotopic (exact) mass is 308 g/mol. The van der Waals surface area contributed by atoms with Crippen LogP contribution in [-0.4, -0.2) is 26.3 Å². The summed E-state index contributed by atoms with van der Waals surface area (Å²) in [5, 5.41) is 3.77. The molecule has 0 amide bonds. The van der Waals surface area contributed by atoms with Crippen LogP contribution < -0.4 is 19.5 Å². The highest BCUT2D eigenvalue weighted by Crippen LogP contribution is 2.36. The number of rotatable bonds is 6. The van der Waals surface area contributed by atoms with Crippen molar-refractivity contribution in [1.29, 1.82) is 0 Å². The molecular weight excluding hydrogens is 292 g/mol. The van der Waals surface area contributed by atoms with E-state index in [9.17, 15) is 0 Å². The number of ether oxygens (including phenoxy) is 3. The first kappa shape index (κ1) is 15.3. The van der Waals surface area contributed by atoms with Gasteiger partial charge in [0.05, 0.1) is 38.2 Å². The standard InChI is InChI=1S/C15H17ClN2O3/c1-19-13-7-10(6-12(16)15(13)21-3)8-17-11-4-5-14(20-2)18-9-11/h4-7,9,17H,8H2,1-3H3. The molecule has 0 saturated carbocycles. The number of nitrogens with zero attached hydrogens (tertiary/aromatic N) is 1. The molecule has 0 atom stereocenters. The number of aromatic nitrogens is 1. The lowest BCUT2D eigenvalue weighted by Crippen LogP contribution is -2.01. The largest absolute Gasteiger partial charge is 0.493 e. The van der Waals surface area contributed by atoms with Gasteiger partial charge in [-0.3, -0.25) is 0 Å². The normalized spacial score (nSPS) is 10.1. The van der Waals surface area contributed by atoms with Crippen LogP contribution in [0.2, 0.25) is 5.02 Å². The molecule has 1 N–H and O–H groups in total. The van der Waals surface area contributed by atoms with E-state index >= 15 is 0 Å². The maximum atomic E-state index is 6.17. The number of nitrogens with one attached hydrogen (secondary N) is 1.